The number of allylic oxidation sites excluding steroid dienone is 1. The molecule has 0 aromatic heterocycles. The van der Waals surface area contributed by atoms with Crippen LogP contribution in [-0.4, -0.2) is 6.61 Å². The van der Waals surface area contributed by atoms with E-state index in [9.17, 15) is 13.2 Å². The minimum atomic E-state index is -2.85. The maximum Gasteiger partial charge on any atom is 0.387 e. The summed E-state index contributed by atoms with van der Waals surface area (Å²) < 4.78 is 42.5. The van der Waals surface area contributed by atoms with E-state index in [-0.39, 0.29) is 5.75 Å². The zero-order valence-corrected chi connectivity index (χ0v) is 15.0. The molecule has 0 aliphatic heterocycles. The van der Waals surface area contributed by atoms with Crippen molar-refractivity contribution in [1.29, 1.82) is 0 Å². The van der Waals surface area contributed by atoms with Crippen LogP contribution in [0.4, 0.5) is 13.2 Å². The Labute approximate surface area is 153 Å². The van der Waals surface area contributed by atoms with Gasteiger partial charge in [0.05, 0.1) is 0 Å². The average molecular weight is 360 g/mol. The SMILES string of the molecule is C=CCCC(F)c1cccc(C#Cc2ccc(OC(F)F)cc2)c1.CC. The summed E-state index contributed by atoms with van der Waals surface area (Å²) in [6.07, 6.45) is 1.66. The van der Waals surface area contributed by atoms with E-state index >= 15 is 0 Å². The molecule has 138 valence electrons. The summed E-state index contributed by atoms with van der Waals surface area (Å²) >= 11 is 0. The molecule has 0 aliphatic carbocycles. The number of hydrogen-bond donors (Lipinski definition) is 0. The van der Waals surface area contributed by atoms with Gasteiger partial charge >= 0.3 is 6.61 Å². The van der Waals surface area contributed by atoms with Gasteiger partial charge in [0.2, 0.25) is 0 Å². The summed E-state index contributed by atoms with van der Waals surface area (Å²) in [6, 6.07) is 13.1. The standard InChI is InChI=1S/C20H17F3O.C2H6/c1-2-3-7-19(21)17-6-4-5-16(14-17)9-8-15-10-12-18(13-11-15)24-20(22)23;1-2/h2,4-6,10-14,19-20H,1,3,7H2;1-2H3. The predicted molar refractivity (Wildman–Crippen MR) is 100 cm³/mol. The van der Waals surface area contributed by atoms with Crippen molar-refractivity contribution < 1.29 is 17.9 Å². The van der Waals surface area contributed by atoms with Crippen LogP contribution in [0.25, 0.3) is 0 Å². The summed E-state index contributed by atoms with van der Waals surface area (Å²) in [5, 5.41) is 0. The van der Waals surface area contributed by atoms with Crippen LogP contribution >= 0.6 is 0 Å². The van der Waals surface area contributed by atoms with Gasteiger partial charge in [0, 0.05) is 11.1 Å². The average Bonchev–Trinajstić information content (AvgIpc) is 2.67. The molecule has 0 bridgehead atoms. The van der Waals surface area contributed by atoms with Crippen LogP contribution in [0.15, 0.2) is 61.2 Å². The topological polar surface area (TPSA) is 9.23 Å². The smallest absolute Gasteiger partial charge is 0.387 e. The van der Waals surface area contributed by atoms with Crippen LogP contribution in [0.1, 0.15) is 49.6 Å². The Balaban J connectivity index is 0.00000163. The van der Waals surface area contributed by atoms with Gasteiger partial charge in [0.15, 0.2) is 0 Å². The Hall–Kier alpha value is -2.67. The largest absolute Gasteiger partial charge is 0.435 e. The molecule has 0 N–H and O–H groups in total. The van der Waals surface area contributed by atoms with Crippen molar-refractivity contribution >= 4 is 0 Å². The second-order valence-corrected chi connectivity index (χ2v) is 5.11. The van der Waals surface area contributed by atoms with Crippen molar-refractivity contribution in [3.8, 4) is 17.6 Å². The molecule has 0 aliphatic rings. The lowest BCUT2D eigenvalue weighted by Crippen LogP contribution is -2.01. The van der Waals surface area contributed by atoms with Crippen molar-refractivity contribution in [3.05, 3.63) is 77.9 Å². The van der Waals surface area contributed by atoms with E-state index in [1.54, 1.807) is 42.5 Å². The fourth-order valence-corrected chi connectivity index (χ4v) is 2.11. The van der Waals surface area contributed by atoms with E-state index < -0.39 is 12.8 Å². The van der Waals surface area contributed by atoms with Crippen LogP contribution < -0.4 is 4.74 Å². The van der Waals surface area contributed by atoms with Gasteiger partial charge in [-0.2, -0.15) is 8.78 Å². The molecular formula is C22H23F3O. The van der Waals surface area contributed by atoms with E-state index in [0.29, 0.717) is 29.5 Å². The first-order chi connectivity index (χ1) is 12.6. The summed E-state index contributed by atoms with van der Waals surface area (Å²) in [5.41, 5.74) is 1.94. The molecule has 2 rings (SSSR count). The predicted octanol–water partition coefficient (Wildman–Crippen LogP) is 6.69. The molecule has 1 unspecified atom stereocenters. The van der Waals surface area contributed by atoms with Crippen LogP contribution in [0, 0.1) is 11.8 Å². The molecule has 0 saturated heterocycles. The minimum Gasteiger partial charge on any atom is -0.435 e. The molecule has 0 heterocycles. The Bertz CT molecular complexity index is 727. The molecule has 2 aromatic rings. The van der Waals surface area contributed by atoms with Crippen molar-refractivity contribution in [2.45, 2.75) is 39.5 Å². The van der Waals surface area contributed by atoms with Gasteiger partial charge in [0.25, 0.3) is 0 Å². The van der Waals surface area contributed by atoms with Crippen LogP contribution in [0.2, 0.25) is 0 Å². The van der Waals surface area contributed by atoms with Crippen LogP contribution in [0.3, 0.4) is 0 Å². The van der Waals surface area contributed by atoms with Gasteiger partial charge in [0.1, 0.15) is 11.9 Å². The molecule has 0 spiro atoms. The Morgan fingerprint density at radius 1 is 1.00 bits per heavy atom. The molecule has 0 saturated carbocycles. The maximum absolute atomic E-state index is 14.0. The third-order valence-electron chi connectivity index (χ3n) is 3.30. The lowest BCUT2D eigenvalue weighted by Gasteiger charge is -2.07. The van der Waals surface area contributed by atoms with Gasteiger partial charge in [-0.1, -0.05) is 43.9 Å². The number of alkyl halides is 3. The maximum atomic E-state index is 14.0. The Morgan fingerprint density at radius 2 is 1.65 bits per heavy atom. The van der Waals surface area contributed by atoms with E-state index in [4.69, 9.17) is 0 Å². The first-order valence-corrected chi connectivity index (χ1v) is 8.50. The molecule has 26 heavy (non-hydrogen) atoms. The fourth-order valence-electron chi connectivity index (χ4n) is 2.11. The molecule has 1 nitrogen and oxygen atoms in total. The van der Waals surface area contributed by atoms with E-state index in [0.717, 1.165) is 0 Å². The summed E-state index contributed by atoms with van der Waals surface area (Å²) in [4.78, 5) is 0. The molecule has 2 aromatic carbocycles. The first-order valence-electron chi connectivity index (χ1n) is 8.50. The third-order valence-corrected chi connectivity index (χ3v) is 3.30. The molecule has 1 atom stereocenters. The highest BCUT2D eigenvalue weighted by atomic mass is 19.3. The monoisotopic (exact) mass is 360 g/mol. The summed E-state index contributed by atoms with van der Waals surface area (Å²) in [6.45, 7) is 4.74. The zero-order chi connectivity index (χ0) is 19.4. The number of hydrogen-bond acceptors (Lipinski definition) is 1. The fraction of sp³-hybridized carbons (Fsp3) is 0.273. The van der Waals surface area contributed by atoms with Gasteiger partial charge in [-0.15, -0.1) is 6.58 Å². The Morgan fingerprint density at radius 3 is 2.27 bits per heavy atom. The van der Waals surface area contributed by atoms with E-state index in [1.165, 1.54) is 12.1 Å². The van der Waals surface area contributed by atoms with Crippen LogP contribution in [0.5, 0.6) is 5.75 Å². The molecule has 0 fully saturated rings. The lowest BCUT2D eigenvalue weighted by molar-refractivity contribution is -0.0498. The number of rotatable bonds is 6. The van der Waals surface area contributed by atoms with Crippen LogP contribution in [-0.2, 0) is 0 Å². The first kappa shape index (κ1) is 21.4. The number of ether oxygens (including phenoxy) is 1. The minimum absolute atomic E-state index is 0.0834. The quantitative estimate of drug-likeness (QED) is 0.412. The van der Waals surface area contributed by atoms with Gasteiger partial charge in [-0.25, -0.2) is 4.39 Å². The molecule has 0 amide bonds. The van der Waals surface area contributed by atoms with Crippen molar-refractivity contribution in [1.82, 2.24) is 0 Å². The summed E-state index contributed by atoms with van der Waals surface area (Å²) in [7, 11) is 0. The number of halogens is 3. The van der Waals surface area contributed by atoms with Gasteiger partial charge < -0.3 is 4.74 Å². The molecular weight excluding hydrogens is 337 g/mol. The Kier molecular flexibility index (Phi) is 9.71. The van der Waals surface area contributed by atoms with Crippen molar-refractivity contribution in [2.75, 3.05) is 0 Å². The lowest BCUT2D eigenvalue weighted by atomic mass is 10.0. The van der Waals surface area contributed by atoms with E-state index in [1.807, 2.05) is 13.8 Å². The second kappa shape index (κ2) is 11.8. The van der Waals surface area contributed by atoms with Gasteiger partial charge in [-0.05, 0) is 54.8 Å². The highest BCUT2D eigenvalue weighted by molar-refractivity contribution is 5.45. The van der Waals surface area contributed by atoms with Crippen molar-refractivity contribution in [2.24, 2.45) is 0 Å². The van der Waals surface area contributed by atoms with Crippen molar-refractivity contribution in [3.63, 3.8) is 0 Å². The normalized spacial score (nSPS) is 10.8. The van der Waals surface area contributed by atoms with E-state index in [2.05, 4.69) is 23.2 Å². The summed E-state index contributed by atoms with van der Waals surface area (Å²) in [5.74, 6) is 5.95. The number of benzene rings is 2. The zero-order valence-electron chi connectivity index (χ0n) is 15.0. The highest BCUT2D eigenvalue weighted by Gasteiger charge is 2.08. The second-order valence-electron chi connectivity index (χ2n) is 5.11. The third kappa shape index (κ3) is 7.48. The van der Waals surface area contributed by atoms with Gasteiger partial charge in [-0.3, -0.25) is 0 Å². The molecule has 0 radical (unpaired) electrons. The molecule has 4 heteroatoms. The highest BCUT2D eigenvalue weighted by Crippen LogP contribution is 2.23.